The second kappa shape index (κ2) is 8.13. The van der Waals surface area contributed by atoms with Crippen LogP contribution >= 0.6 is 0 Å². The topological polar surface area (TPSA) is 84.1 Å². The van der Waals surface area contributed by atoms with Gasteiger partial charge in [0, 0.05) is 30.3 Å². The number of anilines is 1. The van der Waals surface area contributed by atoms with Gasteiger partial charge < -0.3 is 15.0 Å². The number of nitrogens with zero attached hydrogens (tertiary/aromatic N) is 5. The highest BCUT2D eigenvalue weighted by Crippen LogP contribution is 2.30. The SMILES string of the molecule is C=C1/C(=N\C=C(/C)F)OCC(C)(C)CNC(=O)c2cnn3ccc(nc23)N2CCC[C@H]12. The molecule has 1 atom stereocenters. The average Bonchev–Trinajstić information content (AvgIpc) is 3.37. The van der Waals surface area contributed by atoms with E-state index in [-0.39, 0.29) is 18.6 Å². The first-order valence-corrected chi connectivity index (χ1v) is 10.4. The number of nitrogens with one attached hydrogen (secondary N) is 1. The molecule has 8 nitrogen and oxygen atoms in total. The van der Waals surface area contributed by atoms with Gasteiger partial charge in [-0.25, -0.2) is 18.9 Å². The molecule has 0 aromatic carbocycles. The van der Waals surface area contributed by atoms with Crippen molar-refractivity contribution in [3.05, 3.63) is 48.2 Å². The van der Waals surface area contributed by atoms with Crippen molar-refractivity contribution in [1.29, 1.82) is 0 Å². The normalized spacial score (nSPS) is 23.6. The van der Waals surface area contributed by atoms with Gasteiger partial charge in [0.2, 0.25) is 5.90 Å². The molecule has 2 aliphatic rings. The van der Waals surface area contributed by atoms with E-state index in [2.05, 4.69) is 26.9 Å². The molecule has 2 aromatic heterocycles. The van der Waals surface area contributed by atoms with E-state index >= 15 is 0 Å². The van der Waals surface area contributed by atoms with Crippen molar-refractivity contribution in [3.8, 4) is 0 Å². The Balaban J connectivity index is 1.81. The van der Waals surface area contributed by atoms with Crippen molar-refractivity contribution in [2.75, 3.05) is 24.6 Å². The standard InChI is InChI=1S/C22H27FN6O2/c1-14(23)10-24-21-15(2)17-6-5-8-28(17)18-7-9-29-19(27-18)16(11-26-29)20(30)25-12-22(3,4)13-31-21/h7,9-11,17H,2,5-6,8,12-13H2,1,3-4H3,(H,25,30)/b14-10+,24-21+/t17-/m1/s1. The Bertz CT molecular complexity index is 1080. The number of aliphatic imine (C=N–C) groups is 1. The maximum atomic E-state index is 13.4. The van der Waals surface area contributed by atoms with E-state index in [0.717, 1.165) is 31.4 Å². The summed E-state index contributed by atoms with van der Waals surface area (Å²) in [5, 5.41) is 7.21. The Hall–Kier alpha value is -3.23. The lowest BCUT2D eigenvalue weighted by molar-refractivity contribution is 0.0917. The lowest BCUT2D eigenvalue weighted by Gasteiger charge is -2.30. The lowest BCUT2D eigenvalue weighted by atomic mass is 9.94. The van der Waals surface area contributed by atoms with Crippen LogP contribution in [0, 0.1) is 5.41 Å². The molecule has 1 fully saturated rings. The molecule has 1 amide bonds. The fourth-order valence-corrected chi connectivity index (χ4v) is 3.82. The fourth-order valence-electron chi connectivity index (χ4n) is 3.82. The van der Waals surface area contributed by atoms with Gasteiger partial charge in [-0.05, 0) is 25.8 Å². The Labute approximate surface area is 180 Å². The maximum absolute atomic E-state index is 13.4. The number of rotatable bonds is 1. The van der Waals surface area contributed by atoms with Crippen LogP contribution in [0.5, 0.6) is 0 Å². The van der Waals surface area contributed by atoms with Crippen molar-refractivity contribution in [2.45, 2.75) is 39.7 Å². The van der Waals surface area contributed by atoms with Crippen LogP contribution in [0.1, 0.15) is 44.0 Å². The number of fused-ring (bicyclic) bond motifs is 3. The summed E-state index contributed by atoms with van der Waals surface area (Å²) in [4.78, 5) is 23.9. The van der Waals surface area contributed by atoms with E-state index in [4.69, 9.17) is 9.72 Å². The molecule has 2 aromatic rings. The molecule has 9 heteroatoms. The van der Waals surface area contributed by atoms with Crippen LogP contribution in [0.4, 0.5) is 10.2 Å². The summed E-state index contributed by atoms with van der Waals surface area (Å²) in [7, 11) is 0. The van der Waals surface area contributed by atoms with Crippen LogP contribution in [-0.2, 0) is 4.74 Å². The number of amides is 1. The summed E-state index contributed by atoms with van der Waals surface area (Å²) < 4.78 is 21.0. The number of hydrogen-bond donors (Lipinski definition) is 1. The lowest BCUT2D eigenvalue weighted by Crippen LogP contribution is -2.39. The second-order valence-corrected chi connectivity index (χ2v) is 8.77. The summed E-state index contributed by atoms with van der Waals surface area (Å²) in [5.41, 5.74) is 1.22. The van der Waals surface area contributed by atoms with Crippen LogP contribution in [0.2, 0.25) is 0 Å². The molecule has 2 bridgehead atoms. The minimum Gasteiger partial charge on any atom is -0.477 e. The largest absolute Gasteiger partial charge is 0.477 e. The molecule has 0 spiro atoms. The highest BCUT2D eigenvalue weighted by Gasteiger charge is 2.32. The third-order valence-electron chi connectivity index (χ3n) is 5.51. The molecule has 0 saturated carbocycles. The zero-order valence-corrected chi connectivity index (χ0v) is 18.1. The average molecular weight is 426 g/mol. The first-order valence-electron chi connectivity index (χ1n) is 10.4. The Morgan fingerprint density at radius 3 is 3.06 bits per heavy atom. The molecule has 2 aliphatic heterocycles. The summed E-state index contributed by atoms with van der Waals surface area (Å²) in [6.45, 7) is 11.0. The minimum atomic E-state index is -0.418. The number of allylic oxidation sites excluding steroid dienone is 1. The fraction of sp³-hybridized carbons (Fsp3) is 0.455. The van der Waals surface area contributed by atoms with Crippen LogP contribution < -0.4 is 10.2 Å². The second-order valence-electron chi connectivity index (χ2n) is 8.77. The maximum Gasteiger partial charge on any atom is 0.256 e. The Kier molecular flexibility index (Phi) is 5.51. The quantitative estimate of drug-likeness (QED) is 0.757. The molecule has 164 valence electrons. The van der Waals surface area contributed by atoms with Gasteiger partial charge in [-0.2, -0.15) is 5.10 Å². The first kappa shape index (κ1) is 21.0. The number of aromatic nitrogens is 3. The zero-order valence-electron chi connectivity index (χ0n) is 18.1. The molecule has 0 unspecified atom stereocenters. The molecule has 1 saturated heterocycles. The van der Waals surface area contributed by atoms with E-state index in [9.17, 15) is 9.18 Å². The van der Waals surface area contributed by atoms with E-state index in [1.165, 1.54) is 13.1 Å². The van der Waals surface area contributed by atoms with Gasteiger partial charge in [-0.3, -0.25) is 4.79 Å². The van der Waals surface area contributed by atoms with Gasteiger partial charge in [-0.1, -0.05) is 20.4 Å². The summed E-state index contributed by atoms with van der Waals surface area (Å²) >= 11 is 0. The molecule has 4 rings (SSSR count). The number of carbonyl (C=O) groups excluding carboxylic acids is 1. The molecular formula is C22H27FN6O2. The molecule has 0 aliphatic carbocycles. The predicted molar refractivity (Wildman–Crippen MR) is 117 cm³/mol. The van der Waals surface area contributed by atoms with Crippen LogP contribution in [0.15, 0.2) is 47.6 Å². The van der Waals surface area contributed by atoms with Crippen LogP contribution in [0.25, 0.3) is 5.65 Å². The first-order chi connectivity index (χ1) is 14.7. The number of hydrogen-bond acceptors (Lipinski definition) is 6. The molecule has 1 N–H and O–H groups in total. The Morgan fingerprint density at radius 1 is 1.48 bits per heavy atom. The van der Waals surface area contributed by atoms with Crippen LogP contribution in [-0.4, -0.2) is 52.1 Å². The molecule has 31 heavy (non-hydrogen) atoms. The van der Waals surface area contributed by atoms with Crippen molar-refractivity contribution in [3.63, 3.8) is 0 Å². The third kappa shape index (κ3) is 4.30. The van der Waals surface area contributed by atoms with E-state index in [0.29, 0.717) is 29.2 Å². The third-order valence-corrected chi connectivity index (χ3v) is 5.51. The van der Waals surface area contributed by atoms with Crippen molar-refractivity contribution >= 4 is 23.3 Å². The molecule has 4 heterocycles. The Morgan fingerprint density at radius 2 is 2.29 bits per heavy atom. The minimum absolute atomic E-state index is 0.0896. The summed E-state index contributed by atoms with van der Waals surface area (Å²) in [5.74, 6) is 0.367. The number of halogens is 1. The van der Waals surface area contributed by atoms with Gasteiger partial charge in [0.15, 0.2) is 5.65 Å². The van der Waals surface area contributed by atoms with Crippen molar-refractivity contribution in [1.82, 2.24) is 19.9 Å². The monoisotopic (exact) mass is 426 g/mol. The molecule has 0 radical (unpaired) electrons. The van der Waals surface area contributed by atoms with Crippen molar-refractivity contribution < 1.29 is 13.9 Å². The van der Waals surface area contributed by atoms with Gasteiger partial charge in [-0.15, -0.1) is 0 Å². The van der Waals surface area contributed by atoms with Gasteiger partial charge in [0.1, 0.15) is 17.2 Å². The van der Waals surface area contributed by atoms with E-state index in [1.54, 1.807) is 10.7 Å². The van der Waals surface area contributed by atoms with Gasteiger partial charge in [0.25, 0.3) is 5.91 Å². The van der Waals surface area contributed by atoms with Crippen molar-refractivity contribution in [2.24, 2.45) is 10.4 Å². The van der Waals surface area contributed by atoms with E-state index in [1.807, 2.05) is 19.9 Å². The number of ether oxygens (including phenoxy) is 1. The smallest absolute Gasteiger partial charge is 0.256 e. The number of carbonyl (C=O) groups is 1. The summed E-state index contributed by atoms with van der Waals surface area (Å²) in [6, 6.07) is 1.78. The van der Waals surface area contributed by atoms with Crippen LogP contribution in [0.3, 0.4) is 0 Å². The van der Waals surface area contributed by atoms with Gasteiger partial charge >= 0.3 is 0 Å². The predicted octanol–water partition coefficient (Wildman–Crippen LogP) is 3.27. The van der Waals surface area contributed by atoms with Gasteiger partial charge in [0.05, 0.1) is 25.0 Å². The zero-order chi connectivity index (χ0) is 22.2. The highest BCUT2D eigenvalue weighted by molar-refractivity contribution is 6.00. The highest BCUT2D eigenvalue weighted by atomic mass is 19.1. The summed E-state index contributed by atoms with van der Waals surface area (Å²) in [6.07, 6.45) is 6.26. The molecular weight excluding hydrogens is 399 g/mol. The van der Waals surface area contributed by atoms with E-state index < -0.39 is 11.2 Å².